The molecule has 1 aliphatic rings. The van der Waals surface area contributed by atoms with E-state index in [0.29, 0.717) is 12.0 Å². The van der Waals surface area contributed by atoms with Crippen LogP contribution >= 0.6 is 12.4 Å². The number of nitrogens with zero attached hydrogens (tertiary/aromatic N) is 3. The number of hydrogen-bond donors (Lipinski definition) is 0. The summed E-state index contributed by atoms with van der Waals surface area (Å²) in [6, 6.07) is 6.68. The van der Waals surface area contributed by atoms with Gasteiger partial charge >= 0.3 is 5.69 Å². The lowest BCUT2D eigenvalue weighted by Crippen LogP contribution is -2.43. The Hall–Kier alpha value is -1.66. The minimum absolute atomic E-state index is 0. The number of hydrogen-bond acceptors (Lipinski definition) is 5. The van der Waals surface area contributed by atoms with Crippen molar-refractivity contribution in [2.75, 3.05) is 13.6 Å². The molecule has 0 aromatic heterocycles. The fourth-order valence-electron chi connectivity index (χ4n) is 2.30. The highest BCUT2D eigenvalue weighted by Gasteiger charge is 2.26. The van der Waals surface area contributed by atoms with E-state index in [2.05, 4.69) is 31.0 Å². The summed E-state index contributed by atoms with van der Waals surface area (Å²) in [6.07, 6.45) is 0.818. The van der Waals surface area contributed by atoms with Crippen LogP contribution in [0, 0.1) is 16.0 Å². The molecule has 0 saturated carbocycles. The first-order valence-electron chi connectivity index (χ1n) is 6.66. The van der Waals surface area contributed by atoms with E-state index in [1.807, 2.05) is 0 Å². The van der Waals surface area contributed by atoms with Gasteiger partial charge in [0.25, 0.3) is 0 Å². The fraction of sp³-hybridized carbons (Fsp3) is 0.500. The van der Waals surface area contributed by atoms with Crippen molar-refractivity contribution >= 4 is 23.8 Å². The third-order valence-corrected chi connectivity index (χ3v) is 3.71. The minimum Gasteiger partial charge on any atom is -0.350 e. The van der Waals surface area contributed by atoms with Gasteiger partial charge in [-0.25, -0.2) is 0 Å². The Morgan fingerprint density at radius 3 is 2.71 bits per heavy atom. The predicted molar refractivity (Wildman–Crippen MR) is 84.3 cm³/mol. The molecule has 2 unspecified atom stereocenters. The Kier molecular flexibility index (Phi) is 6.11. The topological polar surface area (TPSA) is 68.0 Å². The van der Waals surface area contributed by atoms with E-state index in [4.69, 9.17) is 4.84 Å². The molecule has 0 spiro atoms. The normalized spacial score (nSPS) is 24.4. The van der Waals surface area contributed by atoms with Gasteiger partial charge in [-0.05, 0) is 20.0 Å². The Labute approximate surface area is 130 Å². The molecule has 2 rings (SSSR count). The van der Waals surface area contributed by atoms with Crippen molar-refractivity contribution in [2.24, 2.45) is 11.1 Å². The van der Waals surface area contributed by atoms with Crippen molar-refractivity contribution < 1.29 is 9.76 Å². The molecule has 0 N–H and O–H groups in total. The summed E-state index contributed by atoms with van der Waals surface area (Å²) in [6.45, 7) is 5.14. The zero-order valence-electron chi connectivity index (χ0n) is 12.4. The molecule has 1 fully saturated rings. The van der Waals surface area contributed by atoms with Gasteiger partial charge in [0, 0.05) is 31.0 Å². The Balaban J connectivity index is 0.00000220. The zero-order valence-corrected chi connectivity index (χ0v) is 13.2. The Morgan fingerprint density at radius 1 is 1.38 bits per heavy atom. The van der Waals surface area contributed by atoms with Gasteiger partial charge in [0.05, 0.1) is 10.6 Å². The number of piperidine rings is 1. The molecule has 0 bridgehead atoms. The standard InChI is InChI=1S/C14H19N3O3.ClH/c1-10-9-16(3)11(2)8-12(10)15-20-14-7-5-4-6-13(14)17(18)19;/h4-7,10-11H,8-9H2,1-3H3;1H/b15-12+;. The highest BCUT2D eigenvalue weighted by molar-refractivity contribution is 5.87. The smallest absolute Gasteiger partial charge is 0.314 e. The Morgan fingerprint density at radius 2 is 2.05 bits per heavy atom. The summed E-state index contributed by atoms with van der Waals surface area (Å²) in [5, 5.41) is 15.1. The molecule has 1 aromatic carbocycles. The first-order valence-corrected chi connectivity index (χ1v) is 6.66. The zero-order chi connectivity index (χ0) is 14.7. The number of rotatable bonds is 3. The monoisotopic (exact) mass is 313 g/mol. The molecule has 21 heavy (non-hydrogen) atoms. The van der Waals surface area contributed by atoms with Gasteiger partial charge in [-0.15, -0.1) is 12.4 Å². The number of benzene rings is 1. The first-order chi connectivity index (χ1) is 9.49. The second-order valence-electron chi connectivity index (χ2n) is 5.29. The largest absolute Gasteiger partial charge is 0.350 e. The highest BCUT2D eigenvalue weighted by Crippen LogP contribution is 2.27. The van der Waals surface area contributed by atoms with Crippen molar-refractivity contribution in [3.05, 3.63) is 34.4 Å². The van der Waals surface area contributed by atoms with Gasteiger partial charge in [-0.1, -0.05) is 24.2 Å². The summed E-state index contributed by atoms with van der Waals surface area (Å²) in [7, 11) is 2.08. The number of nitro benzene ring substituents is 1. The van der Waals surface area contributed by atoms with E-state index in [0.717, 1.165) is 18.7 Å². The van der Waals surface area contributed by atoms with Gasteiger partial charge in [0.1, 0.15) is 0 Å². The number of likely N-dealkylation sites (tertiary alicyclic amines) is 1. The molecule has 1 aliphatic heterocycles. The molecule has 116 valence electrons. The predicted octanol–water partition coefficient (Wildman–Crippen LogP) is 3.11. The molecule has 1 saturated heterocycles. The molecular formula is C14H20ClN3O3. The highest BCUT2D eigenvalue weighted by atomic mass is 35.5. The van der Waals surface area contributed by atoms with E-state index in [1.54, 1.807) is 18.2 Å². The van der Waals surface area contributed by atoms with E-state index in [1.165, 1.54) is 6.07 Å². The quantitative estimate of drug-likeness (QED) is 0.635. The summed E-state index contributed by atoms with van der Waals surface area (Å²) >= 11 is 0. The van der Waals surface area contributed by atoms with Crippen molar-refractivity contribution in [3.63, 3.8) is 0 Å². The van der Waals surface area contributed by atoms with Crippen LogP contribution < -0.4 is 4.84 Å². The van der Waals surface area contributed by atoms with E-state index >= 15 is 0 Å². The van der Waals surface area contributed by atoms with Crippen LogP contribution in [0.1, 0.15) is 20.3 Å². The lowest BCUT2D eigenvalue weighted by Gasteiger charge is -2.34. The molecule has 1 aromatic rings. The summed E-state index contributed by atoms with van der Waals surface area (Å²) < 4.78 is 0. The molecule has 0 aliphatic carbocycles. The summed E-state index contributed by atoms with van der Waals surface area (Å²) in [4.78, 5) is 18.0. The second kappa shape index (κ2) is 7.38. The van der Waals surface area contributed by atoms with Crippen LogP contribution in [-0.4, -0.2) is 35.2 Å². The first kappa shape index (κ1) is 17.4. The molecule has 2 atom stereocenters. The van der Waals surface area contributed by atoms with Crippen molar-refractivity contribution in [3.8, 4) is 5.75 Å². The van der Waals surface area contributed by atoms with Crippen molar-refractivity contribution in [1.82, 2.24) is 4.90 Å². The molecule has 0 radical (unpaired) electrons. The lowest BCUT2D eigenvalue weighted by atomic mass is 9.93. The average molecular weight is 314 g/mol. The van der Waals surface area contributed by atoms with Crippen LogP contribution in [0.15, 0.2) is 29.4 Å². The van der Waals surface area contributed by atoms with Crippen LogP contribution in [0.25, 0.3) is 0 Å². The van der Waals surface area contributed by atoms with Crippen LogP contribution in [0.4, 0.5) is 5.69 Å². The average Bonchev–Trinajstić information content (AvgIpc) is 2.41. The van der Waals surface area contributed by atoms with Gasteiger partial charge in [0.15, 0.2) is 0 Å². The van der Waals surface area contributed by atoms with Gasteiger partial charge in [-0.3, -0.25) is 10.1 Å². The molecule has 0 amide bonds. The summed E-state index contributed by atoms with van der Waals surface area (Å²) in [5.41, 5.74) is 0.888. The van der Waals surface area contributed by atoms with Gasteiger partial charge in [-0.2, -0.15) is 0 Å². The minimum atomic E-state index is -0.462. The van der Waals surface area contributed by atoms with E-state index in [9.17, 15) is 10.1 Å². The number of oxime groups is 1. The lowest BCUT2D eigenvalue weighted by molar-refractivity contribution is -0.385. The van der Waals surface area contributed by atoms with Crippen LogP contribution in [0.2, 0.25) is 0 Å². The van der Waals surface area contributed by atoms with Crippen LogP contribution in [-0.2, 0) is 0 Å². The van der Waals surface area contributed by atoms with Crippen LogP contribution in [0.3, 0.4) is 0 Å². The van der Waals surface area contributed by atoms with E-state index in [-0.39, 0.29) is 23.8 Å². The Bertz CT molecular complexity index is 536. The number of halogens is 1. The number of nitro groups is 1. The van der Waals surface area contributed by atoms with Gasteiger partial charge < -0.3 is 9.74 Å². The van der Waals surface area contributed by atoms with Crippen LogP contribution in [0.5, 0.6) is 5.75 Å². The van der Waals surface area contributed by atoms with Crippen molar-refractivity contribution in [2.45, 2.75) is 26.3 Å². The second-order valence-corrected chi connectivity index (χ2v) is 5.29. The molecule has 7 heteroatoms. The molecular weight excluding hydrogens is 294 g/mol. The van der Waals surface area contributed by atoms with Crippen molar-refractivity contribution in [1.29, 1.82) is 0 Å². The molecule has 6 nitrogen and oxygen atoms in total. The third-order valence-electron chi connectivity index (χ3n) is 3.71. The van der Waals surface area contributed by atoms with E-state index < -0.39 is 4.92 Å². The molecule has 1 heterocycles. The third kappa shape index (κ3) is 4.15. The maximum absolute atomic E-state index is 10.9. The maximum Gasteiger partial charge on any atom is 0.314 e. The number of para-hydroxylation sites is 2. The van der Waals surface area contributed by atoms with Gasteiger partial charge in [0.2, 0.25) is 5.75 Å². The maximum atomic E-state index is 10.9. The fourth-order valence-corrected chi connectivity index (χ4v) is 2.30. The summed E-state index contributed by atoms with van der Waals surface area (Å²) in [5.74, 6) is 0.475. The SMILES string of the molecule is CC1CN(C)C(C)C/C1=N\Oc1ccccc1[N+](=O)[O-].Cl.